The molecule has 172 valence electrons. The maximum atomic E-state index is 13.2. The van der Waals surface area contributed by atoms with E-state index >= 15 is 0 Å². The summed E-state index contributed by atoms with van der Waals surface area (Å²) in [5, 5.41) is 9.15. The van der Waals surface area contributed by atoms with Crippen molar-refractivity contribution in [3.05, 3.63) is 109 Å². The lowest BCUT2D eigenvalue weighted by Gasteiger charge is -2.11. The van der Waals surface area contributed by atoms with E-state index in [2.05, 4.69) is 20.9 Å². The van der Waals surface area contributed by atoms with Crippen LogP contribution in [0.15, 0.2) is 102 Å². The van der Waals surface area contributed by atoms with Gasteiger partial charge in [0.25, 0.3) is 5.91 Å². The second-order valence-electron chi connectivity index (χ2n) is 7.73. The minimum atomic E-state index is -0.356. The highest BCUT2D eigenvalue weighted by molar-refractivity contribution is 6.13. The highest BCUT2D eigenvalue weighted by Gasteiger charge is 2.14. The number of hydrogen-bond donors (Lipinski definition) is 3. The summed E-state index contributed by atoms with van der Waals surface area (Å²) in [6.07, 6.45) is 4.94. The molecule has 0 aliphatic carbocycles. The van der Waals surface area contributed by atoms with E-state index in [-0.39, 0.29) is 18.5 Å². The molecule has 0 saturated heterocycles. The van der Waals surface area contributed by atoms with Gasteiger partial charge in [-0.15, -0.1) is 0 Å². The van der Waals surface area contributed by atoms with Gasteiger partial charge in [-0.2, -0.15) is 0 Å². The van der Waals surface area contributed by atoms with Gasteiger partial charge in [0.15, 0.2) is 0 Å². The van der Waals surface area contributed by atoms with Crippen molar-refractivity contribution in [3.8, 4) is 11.3 Å². The fraction of sp³-hybridized carbons (Fsp3) is 0.0370. The van der Waals surface area contributed by atoms with Crippen molar-refractivity contribution < 1.29 is 14.0 Å². The average molecular weight is 463 g/mol. The molecule has 0 radical (unpaired) electrons. The number of amides is 3. The van der Waals surface area contributed by atoms with Gasteiger partial charge in [0.05, 0.1) is 29.6 Å². The molecule has 0 saturated carbocycles. The Hall–Kier alpha value is -4.98. The minimum Gasteiger partial charge on any atom is -0.467 e. The van der Waals surface area contributed by atoms with Crippen molar-refractivity contribution >= 4 is 34.2 Å². The largest absolute Gasteiger partial charge is 0.467 e. The summed E-state index contributed by atoms with van der Waals surface area (Å²) in [7, 11) is 0. The molecule has 8 nitrogen and oxygen atoms in total. The SMILES string of the molecule is O=C(NCc1ccco1)Nc1ccc(NC(=O)c2cc(-c3ccncc3)nc3ccccc23)cc1. The zero-order valence-corrected chi connectivity index (χ0v) is 18.6. The third kappa shape index (κ3) is 5.17. The normalized spacial score (nSPS) is 10.6. The lowest BCUT2D eigenvalue weighted by Crippen LogP contribution is -2.27. The van der Waals surface area contributed by atoms with E-state index in [1.807, 2.05) is 36.4 Å². The number of fused-ring (bicyclic) bond motifs is 1. The molecule has 0 atom stereocenters. The molecular weight excluding hydrogens is 442 g/mol. The molecule has 0 aliphatic rings. The Bertz CT molecular complexity index is 1470. The van der Waals surface area contributed by atoms with Gasteiger partial charge in [-0.3, -0.25) is 9.78 Å². The first-order chi connectivity index (χ1) is 17.2. The Morgan fingerprint density at radius 2 is 1.57 bits per heavy atom. The first kappa shape index (κ1) is 21.8. The summed E-state index contributed by atoms with van der Waals surface area (Å²) in [4.78, 5) is 34.1. The number of aromatic nitrogens is 2. The van der Waals surface area contributed by atoms with E-state index in [1.165, 1.54) is 0 Å². The van der Waals surface area contributed by atoms with Gasteiger partial charge in [0, 0.05) is 34.7 Å². The molecule has 3 heterocycles. The minimum absolute atomic E-state index is 0.254. The molecule has 2 aromatic carbocycles. The topological polar surface area (TPSA) is 109 Å². The lowest BCUT2D eigenvalue weighted by molar-refractivity contribution is 0.102. The van der Waals surface area contributed by atoms with Crippen LogP contribution < -0.4 is 16.0 Å². The number of rotatable bonds is 6. The lowest BCUT2D eigenvalue weighted by atomic mass is 10.0. The van der Waals surface area contributed by atoms with Crippen LogP contribution in [0.3, 0.4) is 0 Å². The number of anilines is 2. The summed E-state index contributed by atoms with van der Waals surface area (Å²) in [5.74, 6) is 0.407. The van der Waals surface area contributed by atoms with Gasteiger partial charge in [-0.25, -0.2) is 9.78 Å². The molecule has 0 spiro atoms. The number of benzene rings is 2. The summed E-state index contributed by atoms with van der Waals surface area (Å²) in [5.41, 5.74) is 4.00. The number of para-hydroxylation sites is 1. The third-order valence-electron chi connectivity index (χ3n) is 5.34. The Morgan fingerprint density at radius 1 is 0.829 bits per heavy atom. The van der Waals surface area contributed by atoms with Crippen molar-refractivity contribution in [2.45, 2.75) is 6.54 Å². The smallest absolute Gasteiger partial charge is 0.319 e. The van der Waals surface area contributed by atoms with Gasteiger partial charge < -0.3 is 20.4 Å². The molecule has 3 aromatic heterocycles. The predicted molar refractivity (Wildman–Crippen MR) is 134 cm³/mol. The number of urea groups is 1. The number of furan rings is 1. The zero-order chi connectivity index (χ0) is 24.0. The van der Waals surface area contributed by atoms with Crippen LogP contribution in [0.25, 0.3) is 22.2 Å². The second kappa shape index (κ2) is 9.88. The Kier molecular flexibility index (Phi) is 6.17. The summed E-state index contributed by atoms with van der Waals surface area (Å²) < 4.78 is 5.19. The molecule has 35 heavy (non-hydrogen) atoms. The maximum Gasteiger partial charge on any atom is 0.319 e. The average Bonchev–Trinajstić information content (AvgIpc) is 3.42. The number of carbonyl (C=O) groups is 2. The van der Waals surface area contributed by atoms with Gasteiger partial charge in [0.2, 0.25) is 0 Å². The van der Waals surface area contributed by atoms with E-state index < -0.39 is 0 Å². The van der Waals surface area contributed by atoms with Crippen LogP contribution in [0.5, 0.6) is 0 Å². The van der Waals surface area contributed by atoms with Crippen LogP contribution in [0, 0.1) is 0 Å². The van der Waals surface area contributed by atoms with Crippen molar-refractivity contribution in [1.82, 2.24) is 15.3 Å². The highest BCUT2D eigenvalue weighted by Crippen LogP contribution is 2.25. The fourth-order valence-corrected chi connectivity index (χ4v) is 3.62. The van der Waals surface area contributed by atoms with Crippen molar-refractivity contribution in [1.29, 1.82) is 0 Å². The molecule has 3 N–H and O–H groups in total. The van der Waals surface area contributed by atoms with Gasteiger partial charge >= 0.3 is 6.03 Å². The van der Waals surface area contributed by atoms with E-state index in [1.54, 1.807) is 61.1 Å². The Morgan fingerprint density at radius 3 is 2.31 bits per heavy atom. The van der Waals surface area contributed by atoms with E-state index in [9.17, 15) is 9.59 Å². The summed E-state index contributed by atoms with van der Waals surface area (Å²) in [6, 6.07) is 23.1. The Labute approximate surface area is 201 Å². The van der Waals surface area contributed by atoms with Crippen molar-refractivity contribution in [3.63, 3.8) is 0 Å². The van der Waals surface area contributed by atoms with E-state index in [0.29, 0.717) is 28.4 Å². The number of pyridine rings is 2. The molecule has 5 aromatic rings. The molecule has 8 heteroatoms. The summed E-state index contributed by atoms with van der Waals surface area (Å²) >= 11 is 0. The van der Waals surface area contributed by atoms with Gasteiger partial charge in [-0.1, -0.05) is 18.2 Å². The standard InChI is InChI=1S/C27H21N5O3/c33-26(23-16-25(18-11-13-28-14-12-18)32-24-6-2-1-5-22(23)24)30-19-7-9-20(10-8-19)31-27(34)29-17-21-4-3-15-35-21/h1-16H,17H2,(H,30,33)(H2,29,31,34). The van der Waals surface area contributed by atoms with Crippen LogP contribution in [0.2, 0.25) is 0 Å². The molecule has 0 unspecified atom stereocenters. The Balaban J connectivity index is 1.30. The number of nitrogens with zero attached hydrogens (tertiary/aromatic N) is 2. The highest BCUT2D eigenvalue weighted by atomic mass is 16.3. The van der Waals surface area contributed by atoms with Crippen molar-refractivity contribution in [2.24, 2.45) is 0 Å². The van der Waals surface area contributed by atoms with Crippen LogP contribution in [-0.4, -0.2) is 21.9 Å². The predicted octanol–water partition coefficient (Wildman–Crippen LogP) is 5.46. The molecule has 0 fully saturated rings. The fourth-order valence-electron chi connectivity index (χ4n) is 3.62. The quantitative estimate of drug-likeness (QED) is 0.310. The van der Waals surface area contributed by atoms with E-state index in [4.69, 9.17) is 9.40 Å². The molecule has 5 rings (SSSR count). The van der Waals surface area contributed by atoms with Gasteiger partial charge in [0.1, 0.15) is 5.76 Å². The zero-order valence-electron chi connectivity index (χ0n) is 18.6. The first-order valence-corrected chi connectivity index (χ1v) is 10.9. The van der Waals surface area contributed by atoms with E-state index in [0.717, 1.165) is 16.5 Å². The van der Waals surface area contributed by atoms with Gasteiger partial charge in [-0.05, 0) is 60.7 Å². The van der Waals surface area contributed by atoms with Crippen molar-refractivity contribution in [2.75, 3.05) is 10.6 Å². The number of carbonyl (C=O) groups excluding carboxylic acids is 2. The molecular formula is C27H21N5O3. The molecule has 0 bridgehead atoms. The maximum absolute atomic E-state index is 13.2. The van der Waals surface area contributed by atoms with Crippen LogP contribution in [0.1, 0.15) is 16.1 Å². The molecule has 0 aliphatic heterocycles. The van der Waals surface area contributed by atoms with Crippen LogP contribution in [0.4, 0.5) is 16.2 Å². The van der Waals surface area contributed by atoms with Crippen LogP contribution >= 0.6 is 0 Å². The molecule has 3 amide bonds. The van der Waals surface area contributed by atoms with Crippen LogP contribution in [-0.2, 0) is 6.54 Å². The third-order valence-corrected chi connectivity index (χ3v) is 5.34. The first-order valence-electron chi connectivity index (χ1n) is 10.9. The second-order valence-corrected chi connectivity index (χ2v) is 7.73. The summed E-state index contributed by atoms with van der Waals surface area (Å²) in [6.45, 7) is 0.286. The number of nitrogens with one attached hydrogen (secondary N) is 3. The number of hydrogen-bond acceptors (Lipinski definition) is 5. The monoisotopic (exact) mass is 463 g/mol.